The van der Waals surface area contributed by atoms with Gasteiger partial charge >= 0.3 is 0 Å². The molecule has 0 radical (unpaired) electrons. The molecular formula is C13H16ClN3O2. The maximum Gasteiger partial charge on any atom is 0.246 e. The van der Waals surface area contributed by atoms with E-state index in [2.05, 4.69) is 15.5 Å². The number of benzene rings is 1. The van der Waals surface area contributed by atoms with Gasteiger partial charge in [-0.15, -0.1) is 0 Å². The first-order valence-electron chi connectivity index (χ1n) is 6.12. The van der Waals surface area contributed by atoms with E-state index < -0.39 is 0 Å². The van der Waals surface area contributed by atoms with Crippen LogP contribution in [0.25, 0.3) is 0 Å². The van der Waals surface area contributed by atoms with Crippen LogP contribution in [0.5, 0.6) is 0 Å². The Bertz CT molecular complexity index is 513. The fourth-order valence-electron chi connectivity index (χ4n) is 1.57. The van der Waals surface area contributed by atoms with E-state index in [0.717, 1.165) is 5.69 Å². The Morgan fingerprint density at radius 3 is 2.79 bits per heavy atom. The molecule has 1 aromatic heterocycles. The largest absolute Gasteiger partial charge is 0.376 e. The molecule has 0 saturated heterocycles. The summed E-state index contributed by atoms with van der Waals surface area (Å²) >= 11 is 5.81. The van der Waals surface area contributed by atoms with E-state index >= 15 is 0 Å². The van der Waals surface area contributed by atoms with Crippen molar-refractivity contribution >= 4 is 17.3 Å². The van der Waals surface area contributed by atoms with Crippen LogP contribution in [0.3, 0.4) is 0 Å². The molecule has 1 atom stereocenters. The van der Waals surface area contributed by atoms with Gasteiger partial charge in [0, 0.05) is 17.3 Å². The summed E-state index contributed by atoms with van der Waals surface area (Å²) < 4.78 is 10.5. The number of nitrogens with zero attached hydrogens (tertiary/aromatic N) is 2. The lowest BCUT2D eigenvalue weighted by molar-refractivity contribution is 0.0683. The van der Waals surface area contributed by atoms with Crippen LogP contribution in [0, 0.1) is 0 Å². The fraction of sp³-hybridized carbons (Fsp3) is 0.385. The molecule has 1 unspecified atom stereocenters. The Morgan fingerprint density at radius 1 is 1.37 bits per heavy atom. The van der Waals surface area contributed by atoms with Crippen LogP contribution in [0.4, 0.5) is 5.69 Å². The van der Waals surface area contributed by atoms with E-state index in [1.165, 1.54) is 0 Å². The first-order chi connectivity index (χ1) is 9.19. The first-order valence-corrected chi connectivity index (χ1v) is 6.50. The van der Waals surface area contributed by atoms with Crippen LogP contribution in [0.1, 0.15) is 31.7 Å². The van der Waals surface area contributed by atoms with Crippen molar-refractivity contribution in [3.05, 3.63) is 41.0 Å². The minimum atomic E-state index is -0.155. The Labute approximate surface area is 116 Å². The van der Waals surface area contributed by atoms with Crippen LogP contribution in [-0.4, -0.2) is 16.7 Å². The van der Waals surface area contributed by atoms with Gasteiger partial charge in [0.15, 0.2) is 5.82 Å². The van der Waals surface area contributed by atoms with E-state index in [9.17, 15) is 0 Å². The van der Waals surface area contributed by atoms with Gasteiger partial charge in [-0.3, -0.25) is 0 Å². The molecule has 102 valence electrons. The molecule has 0 aliphatic carbocycles. The van der Waals surface area contributed by atoms with Gasteiger partial charge in [0.2, 0.25) is 5.89 Å². The van der Waals surface area contributed by atoms with Crippen LogP contribution >= 0.6 is 11.6 Å². The molecule has 0 aliphatic heterocycles. The van der Waals surface area contributed by atoms with Gasteiger partial charge < -0.3 is 14.6 Å². The topological polar surface area (TPSA) is 60.2 Å². The smallest absolute Gasteiger partial charge is 0.246 e. The molecule has 1 aromatic carbocycles. The van der Waals surface area contributed by atoms with E-state index in [-0.39, 0.29) is 6.10 Å². The summed E-state index contributed by atoms with van der Waals surface area (Å²) in [6, 6.07) is 7.42. The van der Waals surface area contributed by atoms with Gasteiger partial charge in [-0.25, -0.2) is 0 Å². The summed E-state index contributed by atoms with van der Waals surface area (Å²) in [5.41, 5.74) is 0.946. The molecular weight excluding hydrogens is 266 g/mol. The molecule has 1 N–H and O–H groups in total. The van der Waals surface area contributed by atoms with Gasteiger partial charge in [0.1, 0.15) is 6.10 Å². The number of nitrogens with one attached hydrogen (secondary N) is 1. The molecule has 2 aromatic rings. The molecule has 5 nitrogen and oxygen atoms in total. The van der Waals surface area contributed by atoms with Crippen LogP contribution < -0.4 is 5.32 Å². The maximum absolute atomic E-state index is 5.81. The number of aromatic nitrogens is 2. The molecule has 0 saturated carbocycles. The maximum atomic E-state index is 5.81. The predicted octanol–water partition coefficient (Wildman–Crippen LogP) is 3.43. The second-order valence-electron chi connectivity index (χ2n) is 4.00. The summed E-state index contributed by atoms with van der Waals surface area (Å²) in [4.78, 5) is 4.27. The highest BCUT2D eigenvalue weighted by Crippen LogP contribution is 2.15. The Balaban J connectivity index is 1.91. The molecule has 0 bridgehead atoms. The Kier molecular flexibility index (Phi) is 4.76. The van der Waals surface area contributed by atoms with E-state index in [4.69, 9.17) is 20.9 Å². The summed E-state index contributed by atoms with van der Waals surface area (Å²) in [7, 11) is 0. The van der Waals surface area contributed by atoms with Crippen LogP contribution in [0.2, 0.25) is 5.02 Å². The van der Waals surface area contributed by atoms with Crippen LogP contribution in [0.15, 0.2) is 28.8 Å². The average Bonchev–Trinajstić information content (AvgIpc) is 2.87. The van der Waals surface area contributed by atoms with Crippen molar-refractivity contribution in [3.63, 3.8) is 0 Å². The van der Waals surface area contributed by atoms with Crippen molar-refractivity contribution in [3.8, 4) is 0 Å². The fourth-order valence-corrected chi connectivity index (χ4v) is 1.70. The lowest BCUT2D eigenvalue weighted by Crippen LogP contribution is -2.03. The standard InChI is InChI=1S/C13H16ClN3O2/c1-3-18-9(2)13-16-12(19-17-13)8-15-11-6-4-10(14)5-7-11/h4-7,9,15H,3,8H2,1-2H3. The normalized spacial score (nSPS) is 12.4. The summed E-state index contributed by atoms with van der Waals surface area (Å²) in [5, 5.41) is 7.77. The van der Waals surface area contributed by atoms with Crippen molar-refractivity contribution in [1.29, 1.82) is 0 Å². The van der Waals surface area contributed by atoms with Gasteiger partial charge in [-0.1, -0.05) is 16.8 Å². The summed E-state index contributed by atoms with van der Waals surface area (Å²) in [6.45, 7) is 4.91. The molecule has 0 amide bonds. The third-order valence-electron chi connectivity index (χ3n) is 2.55. The van der Waals surface area contributed by atoms with Crippen molar-refractivity contribution in [2.45, 2.75) is 26.5 Å². The van der Waals surface area contributed by atoms with E-state index in [0.29, 0.717) is 29.9 Å². The minimum Gasteiger partial charge on any atom is -0.376 e. The molecule has 6 heteroatoms. The second-order valence-corrected chi connectivity index (χ2v) is 4.44. The average molecular weight is 282 g/mol. The van der Waals surface area contributed by atoms with Gasteiger partial charge in [-0.2, -0.15) is 4.98 Å². The first kappa shape index (κ1) is 13.8. The number of hydrogen-bond acceptors (Lipinski definition) is 5. The third-order valence-corrected chi connectivity index (χ3v) is 2.80. The van der Waals surface area contributed by atoms with E-state index in [1.807, 2.05) is 38.1 Å². The quantitative estimate of drug-likeness (QED) is 0.879. The highest BCUT2D eigenvalue weighted by Gasteiger charge is 2.13. The highest BCUT2D eigenvalue weighted by molar-refractivity contribution is 6.30. The predicted molar refractivity (Wildman–Crippen MR) is 73.1 cm³/mol. The molecule has 0 fully saturated rings. The molecule has 0 aliphatic rings. The van der Waals surface area contributed by atoms with Crippen molar-refractivity contribution < 1.29 is 9.26 Å². The number of anilines is 1. The highest BCUT2D eigenvalue weighted by atomic mass is 35.5. The second kappa shape index (κ2) is 6.54. The zero-order valence-corrected chi connectivity index (χ0v) is 11.6. The molecule has 19 heavy (non-hydrogen) atoms. The Hall–Kier alpha value is -1.59. The van der Waals surface area contributed by atoms with Crippen LogP contribution in [-0.2, 0) is 11.3 Å². The van der Waals surface area contributed by atoms with E-state index in [1.54, 1.807) is 0 Å². The number of ether oxygens (including phenoxy) is 1. The number of hydrogen-bond donors (Lipinski definition) is 1. The van der Waals surface area contributed by atoms with Crippen molar-refractivity contribution in [2.24, 2.45) is 0 Å². The number of halogens is 1. The summed E-state index contributed by atoms with van der Waals surface area (Å²) in [6.07, 6.45) is -0.155. The minimum absolute atomic E-state index is 0.155. The third kappa shape index (κ3) is 3.94. The lowest BCUT2D eigenvalue weighted by Gasteiger charge is -2.05. The monoisotopic (exact) mass is 281 g/mol. The van der Waals surface area contributed by atoms with Crippen molar-refractivity contribution in [1.82, 2.24) is 10.1 Å². The zero-order chi connectivity index (χ0) is 13.7. The van der Waals surface area contributed by atoms with Crippen molar-refractivity contribution in [2.75, 3.05) is 11.9 Å². The lowest BCUT2D eigenvalue weighted by atomic mass is 10.3. The van der Waals surface area contributed by atoms with Gasteiger partial charge in [0.05, 0.1) is 6.54 Å². The van der Waals surface area contributed by atoms with Gasteiger partial charge in [0.25, 0.3) is 0 Å². The zero-order valence-electron chi connectivity index (χ0n) is 10.9. The van der Waals surface area contributed by atoms with Gasteiger partial charge in [-0.05, 0) is 38.1 Å². The summed E-state index contributed by atoms with van der Waals surface area (Å²) in [5.74, 6) is 1.09. The molecule has 2 rings (SSSR count). The Morgan fingerprint density at radius 2 is 2.11 bits per heavy atom. The SMILES string of the molecule is CCOC(C)c1noc(CNc2ccc(Cl)cc2)n1. The molecule has 0 spiro atoms. The number of rotatable bonds is 6. The molecule has 1 heterocycles.